The van der Waals surface area contributed by atoms with Gasteiger partial charge in [-0.1, -0.05) is 6.07 Å². The molecule has 0 aliphatic carbocycles. The molecule has 2 aromatic heterocycles. The van der Waals surface area contributed by atoms with Crippen molar-refractivity contribution < 1.29 is 18.7 Å². The Morgan fingerprint density at radius 1 is 1.38 bits per heavy atom. The summed E-state index contributed by atoms with van der Waals surface area (Å²) >= 11 is 0. The molecule has 0 bridgehead atoms. The maximum absolute atomic E-state index is 12.7. The van der Waals surface area contributed by atoms with Crippen molar-refractivity contribution in [2.75, 3.05) is 26.3 Å². The summed E-state index contributed by atoms with van der Waals surface area (Å²) in [6.45, 7) is 3.62. The molecule has 1 aliphatic rings. The van der Waals surface area contributed by atoms with Crippen LogP contribution >= 0.6 is 0 Å². The van der Waals surface area contributed by atoms with Crippen LogP contribution in [0.3, 0.4) is 0 Å². The minimum absolute atomic E-state index is 0.0987. The highest BCUT2D eigenvalue weighted by Gasteiger charge is 2.31. The summed E-state index contributed by atoms with van der Waals surface area (Å²) in [5.74, 6) is 0.0382. The molecular formula is C19H23N3O4. The van der Waals surface area contributed by atoms with Crippen LogP contribution in [0.1, 0.15) is 28.1 Å². The molecule has 2 amide bonds. The third-order valence-corrected chi connectivity index (χ3v) is 4.42. The molecule has 0 aromatic carbocycles. The van der Waals surface area contributed by atoms with Crippen LogP contribution in [0, 0.1) is 6.92 Å². The van der Waals surface area contributed by atoms with Crippen LogP contribution in [0.25, 0.3) is 0 Å². The maximum atomic E-state index is 12.7. The number of morpholine rings is 1. The molecule has 138 valence electrons. The smallest absolute Gasteiger partial charge is 0.290 e. The summed E-state index contributed by atoms with van der Waals surface area (Å²) in [6, 6.07) is 5.31. The molecule has 1 fully saturated rings. The van der Waals surface area contributed by atoms with Crippen molar-refractivity contribution in [3.8, 4) is 0 Å². The zero-order valence-corrected chi connectivity index (χ0v) is 14.8. The summed E-state index contributed by atoms with van der Waals surface area (Å²) < 4.78 is 10.8. The van der Waals surface area contributed by atoms with Crippen molar-refractivity contribution in [3.05, 3.63) is 53.7 Å². The standard InChI is InChI=1S/C19H23N3O4/c1-14-5-9-26-18(14)19(24)22-8-10-25-13-16(22)11-17(23)21-7-4-15-3-2-6-20-12-15/h2-3,5-6,9,12,16H,4,7-8,10-11,13H2,1H3,(H,21,23). The molecule has 0 spiro atoms. The van der Waals surface area contributed by atoms with E-state index in [1.54, 1.807) is 23.4 Å². The first-order valence-corrected chi connectivity index (χ1v) is 8.73. The van der Waals surface area contributed by atoms with Crippen LogP contribution in [-0.2, 0) is 16.0 Å². The maximum Gasteiger partial charge on any atom is 0.290 e. The van der Waals surface area contributed by atoms with E-state index in [0.29, 0.717) is 32.1 Å². The number of aromatic nitrogens is 1. The van der Waals surface area contributed by atoms with Crippen molar-refractivity contribution in [1.29, 1.82) is 0 Å². The first-order chi connectivity index (χ1) is 12.6. The lowest BCUT2D eigenvalue weighted by atomic mass is 10.1. The third-order valence-electron chi connectivity index (χ3n) is 4.42. The quantitative estimate of drug-likeness (QED) is 0.848. The first kappa shape index (κ1) is 18.1. The number of furan rings is 1. The molecule has 3 rings (SSSR count). The fourth-order valence-corrected chi connectivity index (χ4v) is 2.99. The summed E-state index contributed by atoms with van der Waals surface area (Å²) in [7, 11) is 0. The number of carbonyl (C=O) groups is 2. The van der Waals surface area contributed by atoms with Gasteiger partial charge in [0.05, 0.1) is 25.5 Å². The van der Waals surface area contributed by atoms with E-state index >= 15 is 0 Å². The Balaban J connectivity index is 1.53. The van der Waals surface area contributed by atoms with E-state index < -0.39 is 0 Å². The Hall–Kier alpha value is -2.67. The van der Waals surface area contributed by atoms with Gasteiger partial charge in [-0.3, -0.25) is 14.6 Å². The monoisotopic (exact) mass is 357 g/mol. The first-order valence-electron chi connectivity index (χ1n) is 8.73. The summed E-state index contributed by atoms with van der Waals surface area (Å²) in [4.78, 5) is 30.7. The summed E-state index contributed by atoms with van der Waals surface area (Å²) in [5.41, 5.74) is 1.86. The molecule has 1 N–H and O–H groups in total. The Labute approximate surface area is 152 Å². The highest BCUT2D eigenvalue weighted by Crippen LogP contribution is 2.18. The lowest BCUT2D eigenvalue weighted by Gasteiger charge is -2.34. The largest absolute Gasteiger partial charge is 0.459 e. The van der Waals surface area contributed by atoms with Gasteiger partial charge in [0.2, 0.25) is 5.91 Å². The number of ether oxygens (including phenoxy) is 1. The van der Waals surface area contributed by atoms with Gasteiger partial charge in [0.1, 0.15) is 0 Å². The molecule has 2 aromatic rings. The van der Waals surface area contributed by atoms with Gasteiger partial charge in [-0.2, -0.15) is 0 Å². The number of nitrogens with zero attached hydrogens (tertiary/aromatic N) is 2. The van der Waals surface area contributed by atoms with Crippen molar-refractivity contribution >= 4 is 11.8 Å². The molecule has 1 saturated heterocycles. The van der Waals surface area contributed by atoms with E-state index in [2.05, 4.69) is 10.3 Å². The number of pyridine rings is 1. The average molecular weight is 357 g/mol. The highest BCUT2D eigenvalue weighted by atomic mass is 16.5. The zero-order chi connectivity index (χ0) is 18.4. The minimum Gasteiger partial charge on any atom is -0.459 e. The van der Waals surface area contributed by atoms with E-state index in [0.717, 1.165) is 17.5 Å². The lowest BCUT2D eigenvalue weighted by Crippen LogP contribution is -2.50. The Bertz CT molecular complexity index is 744. The van der Waals surface area contributed by atoms with Crippen LogP contribution in [0.15, 0.2) is 41.3 Å². The molecular weight excluding hydrogens is 334 g/mol. The molecule has 7 heteroatoms. The molecule has 26 heavy (non-hydrogen) atoms. The van der Waals surface area contributed by atoms with Gasteiger partial charge in [-0.05, 0) is 31.0 Å². The fourth-order valence-electron chi connectivity index (χ4n) is 2.99. The van der Waals surface area contributed by atoms with Crippen molar-refractivity contribution in [3.63, 3.8) is 0 Å². The van der Waals surface area contributed by atoms with Gasteiger partial charge in [0.25, 0.3) is 5.91 Å². The van der Waals surface area contributed by atoms with Crippen LogP contribution in [0.2, 0.25) is 0 Å². The predicted molar refractivity (Wildman–Crippen MR) is 94.7 cm³/mol. The zero-order valence-electron chi connectivity index (χ0n) is 14.8. The van der Waals surface area contributed by atoms with Gasteiger partial charge in [-0.15, -0.1) is 0 Å². The van der Waals surface area contributed by atoms with Gasteiger partial charge in [0, 0.05) is 37.5 Å². The predicted octanol–water partition coefficient (Wildman–Crippen LogP) is 1.57. The van der Waals surface area contributed by atoms with Gasteiger partial charge in [-0.25, -0.2) is 0 Å². The number of aryl methyl sites for hydroxylation is 1. The lowest BCUT2D eigenvalue weighted by molar-refractivity contribution is -0.123. The summed E-state index contributed by atoms with van der Waals surface area (Å²) in [5, 5.41) is 2.90. The van der Waals surface area contributed by atoms with Crippen LogP contribution < -0.4 is 5.32 Å². The van der Waals surface area contributed by atoms with E-state index in [1.807, 2.05) is 19.1 Å². The van der Waals surface area contributed by atoms with Crippen LogP contribution in [-0.4, -0.2) is 54.0 Å². The Kier molecular flexibility index (Phi) is 6.01. The van der Waals surface area contributed by atoms with Gasteiger partial charge < -0.3 is 19.4 Å². The van der Waals surface area contributed by atoms with Gasteiger partial charge >= 0.3 is 0 Å². The molecule has 7 nitrogen and oxygen atoms in total. The second-order valence-electron chi connectivity index (χ2n) is 6.33. The normalized spacial score (nSPS) is 17.1. The number of rotatable bonds is 6. The van der Waals surface area contributed by atoms with E-state index in [-0.39, 0.29) is 24.3 Å². The molecule has 1 atom stereocenters. The topological polar surface area (TPSA) is 84.7 Å². The molecule has 0 saturated carbocycles. The van der Waals surface area contributed by atoms with Crippen molar-refractivity contribution in [2.24, 2.45) is 0 Å². The van der Waals surface area contributed by atoms with Crippen molar-refractivity contribution in [1.82, 2.24) is 15.2 Å². The second-order valence-corrected chi connectivity index (χ2v) is 6.33. The number of hydrogen-bond acceptors (Lipinski definition) is 5. The third kappa shape index (κ3) is 4.49. The number of hydrogen-bond donors (Lipinski definition) is 1. The fraction of sp³-hybridized carbons (Fsp3) is 0.421. The summed E-state index contributed by atoms with van der Waals surface area (Å²) in [6.07, 6.45) is 5.93. The number of amides is 2. The molecule has 1 unspecified atom stereocenters. The molecule has 1 aliphatic heterocycles. The Morgan fingerprint density at radius 2 is 2.27 bits per heavy atom. The minimum atomic E-state index is -0.292. The van der Waals surface area contributed by atoms with Gasteiger partial charge in [0.15, 0.2) is 5.76 Å². The number of carbonyl (C=O) groups excluding carboxylic acids is 2. The SMILES string of the molecule is Cc1ccoc1C(=O)N1CCOCC1CC(=O)NCCc1cccnc1. The highest BCUT2D eigenvalue weighted by molar-refractivity contribution is 5.93. The van der Waals surface area contributed by atoms with E-state index in [4.69, 9.17) is 9.15 Å². The Morgan fingerprint density at radius 3 is 3.00 bits per heavy atom. The second kappa shape index (κ2) is 8.62. The van der Waals surface area contributed by atoms with Crippen LogP contribution in [0.4, 0.5) is 0 Å². The van der Waals surface area contributed by atoms with E-state index in [9.17, 15) is 9.59 Å². The number of nitrogens with one attached hydrogen (secondary N) is 1. The average Bonchev–Trinajstić information content (AvgIpc) is 3.08. The van der Waals surface area contributed by atoms with Crippen LogP contribution in [0.5, 0.6) is 0 Å². The molecule has 3 heterocycles. The van der Waals surface area contributed by atoms with E-state index in [1.165, 1.54) is 6.26 Å². The van der Waals surface area contributed by atoms with Crippen molar-refractivity contribution in [2.45, 2.75) is 25.8 Å². The molecule has 0 radical (unpaired) electrons.